The summed E-state index contributed by atoms with van der Waals surface area (Å²) in [5.41, 5.74) is 0. The summed E-state index contributed by atoms with van der Waals surface area (Å²) in [4.78, 5) is 13.5. The summed E-state index contributed by atoms with van der Waals surface area (Å²) >= 11 is 1.43. The average molecular weight is 291 g/mol. The van der Waals surface area contributed by atoms with Crippen LogP contribution in [-0.4, -0.2) is 30.3 Å². The molecule has 2 aromatic rings. The van der Waals surface area contributed by atoms with Gasteiger partial charge in [-0.25, -0.2) is 0 Å². The van der Waals surface area contributed by atoms with Gasteiger partial charge in [-0.2, -0.15) is 0 Å². The van der Waals surface area contributed by atoms with Gasteiger partial charge >= 0.3 is 0 Å². The number of hydrogen-bond acceptors (Lipinski definition) is 4. The van der Waals surface area contributed by atoms with Gasteiger partial charge in [-0.1, -0.05) is 18.2 Å². The van der Waals surface area contributed by atoms with Gasteiger partial charge in [0.1, 0.15) is 18.5 Å². The lowest BCUT2D eigenvalue weighted by molar-refractivity contribution is 0.0847. The van der Waals surface area contributed by atoms with Crippen LogP contribution in [0.1, 0.15) is 14.5 Å². The first-order chi connectivity index (χ1) is 9.65. The Morgan fingerprint density at radius 2 is 2.05 bits per heavy atom. The molecule has 0 aliphatic carbocycles. The Kier molecular flexibility index (Phi) is 5.15. The molecule has 1 aromatic carbocycles. The molecule has 0 aliphatic rings. The van der Waals surface area contributed by atoms with E-state index in [4.69, 9.17) is 4.74 Å². The summed E-state index contributed by atoms with van der Waals surface area (Å²) in [6.07, 6.45) is -0.736. The molecule has 5 heteroatoms. The number of aliphatic hydroxyl groups excluding tert-OH is 1. The Balaban J connectivity index is 1.72. The number of para-hydroxylation sites is 1. The maximum Gasteiger partial charge on any atom is 0.261 e. The van der Waals surface area contributed by atoms with Crippen molar-refractivity contribution in [2.24, 2.45) is 0 Å². The van der Waals surface area contributed by atoms with Gasteiger partial charge in [0.15, 0.2) is 0 Å². The summed E-state index contributed by atoms with van der Waals surface area (Å²) in [7, 11) is 0. The second kappa shape index (κ2) is 7.07. The molecule has 1 atom stereocenters. The fourth-order valence-corrected chi connectivity index (χ4v) is 2.41. The Hall–Kier alpha value is -1.85. The Labute approximate surface area is 122 Å². The van der Waals surface area contributed by atoms with Gasteiger partial charge in [0, 0.05) is 11.4 Å². The standard InChI is InChI=1S/C15H17NO3S/c1-11-7-8-14(20-11)15(18)16-9-12(17)10-19-13-5-3-2-4-6-13/h2-8,12,17H,9-10H2,1H3,(H,16,18)/t12-/m0/s1. The van der Waals surface area contributed by atoms with Crippen LogP contribution >= 0.6 is 11.3 Å². The van der Waals surface area contributed by atoms with E-state index in [1.54, 1.807) is 6.07 Å². The maximum absolute atomic E-state index is 11.8. The van der Waals surface area contributed by atoms with Crippen molar-refractivity contribution in [1.29, 1.82) is 0 Å². The minimum absolute atomic E-state index is 0.147. The topological polar surface area (TPSA) is 58.6 Å². The number of carbonyl (C=O) groups excluding carboxylic acids is 1. The number of ether oxygens (including phenoxy) is 1. The molecule has 1 heterocycles. The molecule has 4 nitrogen and oxygen atoms in total. The lowest BCUT2D eigenvalue weighted by Gasteiger charge is -2.12. The van der Waals surface area contributed by atoms with Crippen LogP contribution < -0.4 is 10.1 Å². The molecule has 0 spiro atoms. The van der Waals surface area contributed by atoms with Crippen molar-refractivity contribution in [3.63, 3.8) is 0 Å². The number of carbonyl (C=O) groups is 1. The molecule has 0 unspecified atom stereocenters. The van der Waals surface area contributed by atoms with Crippen molar-refractivity contribution in [2.45, 2.75) is 13.0 Å². The van der Waals surface area contributed by atoms with Crippen molar-refractivity contribution >= 4 is 17.2 Å². The van der Waals surface area contributed by atoms with Crippen LogP contribution in [0, 0.1) is 6.92 Å². The Morgan fingerprint density at radius 3 is 2.70 bits per heavy atom. The molecule has 0 saturated heterocycles. The molecule has 1 amide bonds. The van der Waals surface area contributed by atoms with E-state index in [1.165, 1.54) is 11.3 Å². The van der Waals surface area contributed by atoms with E-state index in [9.17, 15) is 9.90 Å². The van der Waals surface area contributed by atoms with E-state index in [2.05, 4.69) is 5.32 Å². The molecule has 106 valence electrons. The third-order valence-corrected chi connectivity index (χ3v) is 3.65. The van der Waals surface area contributed by atoms with E-state index >= 15 is 0 Å². The van der Waals surface area contributed by atoms with Crippen molar-refractivity contribution in [1.82, 2.24) is 5.32 Å². The zero-order valence-electron chi connectivity index (χ0n) is 11.2. The van der Waals surface area contributed by atoms with Crippen LogP contribution in [0.4, 0.5) is 0 Å². The summed E-state index contributed by atoms with van der Waals surface area (Å²) < 4.78 is 5.41. The van der Waals surface area contributed by atoms with E-state index in [0.717, 1.165) is 4.88 Å². The van der Waals surface area contributed by atoms with Gasteiger partial charge in [-0.3, -0.25) is 4.79 Å². The van der Waals surface area contributed by atoms with Crippen LogP contribution in [0.3, 0.4) is 0 Å². The molecule has 0 bridgehead atoms. The van der Waals surface area contributed by atoms with Crippen molar-refractivity contribution in [3.8, 4) is 5.75 Å². The number of hydrogen-bond donors (Lipinski definition) is 2. The first-order valence-corrected chi connectivity index (χ1v) is 7.17. The van der Waals surface area contributed by atoms with Crippen molar-refractivity contribution < 1.29 is 14.6 Å². The normalized spacial score (nSPS) is 11.9. The number of rotatable bonds is 6. The molecule has 0 saturated carbocycles. The van der Waals surface area contributed by atoms with Gasteiger partial charge in [-0.05, 0) is 31.2 Å². The van der Waals surface area contributed by atoms with E-state index in [0.29, 0.717) is 10.6 Å². The molecular formula is C15H17NO3S. The second-order valence-corrected chi connectivity index (χ2v) is 5.69. The van der Waals surface area contributed by atoms with Crippen LogP contribution in [0.2, 0.25) is 0 Å². The smallest absolute Gasteiger partial charge is 0.261 e. The third kappa shape index (κ3) is 4.36. The van der Waals surface area contributed by atoms with E-state index < -0.39 is 6.10 Å². The van der Waals surface area contributed by atoms with Crippen LogP contribution in [0.5, 0.6) is 5.75 Å². The largest absolute Gasteiger partial charge is 0.491 e. The zero-order chi connectivity index (χ0) is 14.4. The van der Waals surface area contributed by atoms with Gasteiger partial charge in [0.2, 0.25) is 0 Å². The summed E-state index contributed by atoms with van der Waals surface area (Å²) in [6, 6.07) is 12.9. The highest BCUT2D eigenvalue weighted by atomic mass is 32.1. The molecule has 0 aliphatic heterocycles. The minimum Gasteiger partial charge on any atom is -0.491 e. The number of aryl methyl sites for hydroxylation is 1. The van der Waals surface area contributed by atoms with Gasteiger partial charge in [0.25, 0.3) is 5.91 Å². The number of benzene rings is 1. The monoisotopic (exact) mass is 291 g/mol. The van der Waals surface area contributed by atoms with Gasteiger partial charge in [0.05, 0.1) is 4.88 Å². The summed E-state index contributed by atoms with van der Waals surface area (Å²) in [6.45, 7) is 2.26. The van der Waals surface area contributed by atoms with E-state index in [1.807, 2.05) is 43.3 Å². The molecule has 2 rings (SSSR count). The van der Waals surface area contributed by atoms with E-state index in [-0.39, 0.29) is 19.1 Å². The predicted molar refractivity (Wildman–Crippen MR) is 79.3 cm³/mol. The predicted octanol–water partition coefficient (Wildman–Crippen LogP) is 2.23. The van der Waals surface area contributed by atoms with Crippen LogP contribution in [0.25, 0.3) is 0 Å². The first-order valence-electron chi connectivity index (χ1n) is 6.35. The van der Waals surface area contributed by atoms with Crippen LogP contribution in [0.15, 0.2) is 42.5 Å². The van der Waals surface area contributed by atoms with Crippen molar-refractivity contribution in [2.75, 3.05) is 13.2 Å². The highest BCUT2D eigenvalue weighted by Crippen LogP contribution is 2.14. The lowest BCUT2D eigenvalue weighted by Crippen LogP contribution is -2.34. The summed E-state index contributed by atoms with van der Waals surface area (Å²) in [5.74, 6) is 0.536. The molecule has 20 heavy (non-hydrogen) atoms. The van der Waals surface area contributed by atoms with Gasteiger partial charge in [-0.15, -0.1) is 11.3 Å². The average Bonchev–Trinajstić information content (AvgIpc) is 2.90. The minimum atomic E-state index is -0.736. The molecular weight excluding hydrogens is 274 g/mol. The molecule has 0 radical (unpaired) electrons. The van der Waals surface area contributed by atoms with Crippen LogP contribution in [-0.2, 0) is 0 Å². The number of nitrogens with one attached hydrogen (secondary N) is 1. The highest BCUT2D eigenvalue weighted by molar-refractivity contribution is 7.13. The number of aliphatic hydroxyl groups is 1. The SMILES string of the molecule is Cc1ccc(C(=O)NC[C@H](O)COc2ccccc2)s1. The third-order valence-electron chi connectivity index (χ3n) is 2.65. The zero-order valence-corrected chi connectivity index (χ0v) is 12.0. The fraction of sp³-hybridized carbons (Fsp3) is 0.267. The number of thiophene rings is 1. The fourth-order valence-electron chi connectivity index (χ4n) is 1.62. The Bertz CT molecular complexity index is 553. The number of amides is 1. The summed E-state index contributed by atoms with van der Waals surface area (Å²) in [5, 5.41) is 12.5. The van der Waals surface area contributed by atoms with Crippen molar-refractivity contribution in [3.05, 3.63) is 52.2 Å². The molecule has 1 aromatic heterocycles. The molecule has 2 N–H and O–H groups in total. The maximum atomic E-state index is 11.8. The Morgan fingerprint density at radius 1 is 1.30 bits per heavy atom. The first kappa shape index (κ1) is 14.6. The second-order valence-electron chi connectivity index (χ2n) is 4.40. The molecule has 0 fully saturated rings. The van der Waals surface area contributed by atoms with Gasteiger partial charge < -0.3 is 15.2 Å². The quantitative estimate of drug-likeness (QED) is 0.858. The highest BCUT2D eigenvalue weighted by Gasteiger charge is 2.11. The lowest BCUT2D eigenvalue weighted by atomic mass is 10.3.